The molecule has 1 atom stereocenters. The van der Waals surface area contributed by atoms with Gasteiger partial charge in [0.25, 0.3) is 0 Å². The molecule has 2 N–H and O–H groups in total. The van der Waals surface area contributed by atoms with Crippen molar-refractivity contribution in [2.45, 2.75) is 32.9 Å². The molecule has 4 nitrogen and oxygen atoms in total. The Balaban J connectivity index is 2.86. The van der Waals surface area contributed by atoms with E-state index in [4.69, 9.17) is 22.7 Å². The molecule has 0 aliphatic heterocycles. The second-order valence-corrected chi connectivity index (χ2v) is 5.04. The summed E-state index contributed by atoms with van der Waals surface area (Å²) in [6.07, 6.45) is 2.81. The lowest BCUT2D eigenvalue weighted by Crippen LogP contribution is -2.35. The topological polar surface area (TPSA) is 51.4 Å². The fourth-order valence-electron chi connectivity index (χ4n) is 1.93. The van der Waals surface area contributed by atoms with E-state index in [1.54, 1.807) is 13.3 Å². The summed E-state index contributed by atoms with van der Waals surface area (Å²) >= 11 is 5.06. The van der Waals surface area contributed by atoms with E-state index in [2.05, 4.69) is 23.7 Å². The molecule has 0 saturated carbocycles. The summed E-state index contributed by atoms with van der Waals surface area (Å²) in [6, 6.07) is 4.43. The van der Waals surface area contributed by atoms with Gasteiger partial charge in [0, 0.05) is 32.4 Å². The van der Waals surface area contributed by atoms with Crippen LogP contribution in [0.25, 0.3) is 0 Å². The highest BCUT2D eigenvalue weighted by atomic mass is 32.1. The van der Waals surface area contributed by atoms with E-state index in [0.29, 0.717) is 17.6 Å². The first-order valence-electron chi connectivity index (χ1n) is 6.56. The average Bonchev–Trinajstić information content (AvgIpc) is 2.42. The average molecular weight is 281 g/mol. The van der Waals surface area contributed by atoms with Gasteiger partial charge >= 0.3 is 0 Å². The van der Waals surface area contributed by atoms with Crippen LogP contribution in [-0.4, -0.2) is 41.2 Å². The first-order valence-corrected chi connectivity index (χ1v) is 6.97. The van der Waals surface area contributed by atoms with Gasteiger partial charge < -0.3 is 10.5 Å². The molecule has 0 fully saturated rings. The Labute approximate surface area is 121 Å². The third-order valence-electron chi connectivity index (χ3n) is 3.29. The Morgan fingerprint density at radius 2 is 2.32 bits per heavy atom. The van der Waals surface area contributed by atoms with Gasteiger partial charge in [0.1, 0.15) is 10.7 Å². The van der Waals surface area contributed by atoms with E-state index in [-0.39, 0.29) is 0 Å². The Bertz CT molecular complexity index is 411. The Morgan fingerprint density at radius 1 is 1.58 bits per heavy atom. The predicted octanol–water partition coefficient (Wildman–Crippen LogP) is 1.96. The standard InChI is InChI=1S/C14H23N3OS/c1-4-11(2)17(8-9-18-3)10-12-6-5-7-16-13(12)14(15)19/h5-7,11H,4,8-10H2,1-3H3,(H2,15,19). The third kappa shape index (κ3) is 4.86. The number of nitrogens with two attached hydrogens (primary N) is 1. The summed E-state index contributed by atoms with van der Waals surface area (Å²) in [7, 11) is 1.72. The van der Waals surface area contributed by atoms with E-state index < -0.39 is 0 Å². The molecule has 0 aliphatic carbocycles. The number of rotatable bonds is 8. The van der Waals surface area contributed by atoms with Gasteiger partial charge in [-0.2, -0.15) is 0 Å². The van der Waals surface area contributed by atoms with E-state index in [1.807, 2.05) is 12.1 Å². The zero-order valence-corrected chi connectivity index (χ0v) is 12.7. The largest absolute Gasteiger partial charge is 0.388 e. The second-order valence-electron chi connectivity index (χ2n) is 4.60. The first kappa shape index (κ1) is 16.0. The molecule has 1 unspecified atom stereocenters. The molecule has 106 valence electrons. The molecule has 1 rings (SSSR count). The van der Waals surface area contributed by atoms with Gasteiger partial charge in [-0.3, -0.25) is 9.88 Å². The molecule has 1 aromatic heterocycles. The number of pyridine rings is 1. The van der Waals surface area contributed by atoms with Gasteiger partial charge in [-0.1, -0.05) is 25.2 Å². The number of methoxy groups -OCH3 is 1. The highest BCUT2D eigenvalue weighted by Crippen LogP contribution is 2.13. The lowest BCUT2D eigenvalue weighted by Gasteiger charge is -2.28. The van der Waals surface area contributed by atoms with Gasteiger partial charge in [-0.15, -0.1) is 0 Å². The van der Waals surface area contributed by atoms with Crippen LogP contribution in [-0.2, 0) is 11.3 Å². The van der Waals surface area contributed by atoms with Gasteiger partial charge in [0.2, 0.25) is 0 Å². The lowest BCUT2D eigenvalue weighted by atomic mass is 10.1. The monoisotopic (exact) mass is 281 g/mol. The van der Waals surface area contributed by atoms with Crippen LogP contribution in [0.1, 0.15) is 31.5 Å². The maximum absolute atomic E-state index is 5.72. The van der Waals surface area contributed by atoms with Crippen molar-refractivity contribution in [1.82, 2.24) is 9.88 Å². The van der Waals surface area contributed by atoms with E-state index in [9.17, 15) is 0 Å². The molecule has 0 amide bonds. The van der Waals surface area contributed by atoms with E-state index in [0.717, 1.165) is 30.8 Å². The number of thiocarbonyl (C=S) groups is 1. The molecule has 0 saturated heterocycles. The molecule has 1 heterocycles. The summed E-state index contributed by atoms with van der Waals surface area (Å²) in [5.41, 5.74) is 7.53. The third-order valence-corrected chi connectivity index (χ3v) is 3.49. The summed E-state index contributed by atoms with van der Waals surface area (Å²) in [4.78, 5) is 6.99. The molecule has 0 aromatic carbocycles. The molecule has 0 bridgehead atoms. The minimum Gasteiger partial charge on any atom is -0.388 e. The SMILES string of the molecule is CCC(C)N(CCOC)Cc1cccnc1C(N)=S. The minimum atomic E-state index is 0.353. The normalized spacial score (nSPS) is 12.6. The van der Waals surface area contributed by atoms with Gasteiger partial charge in [-0.25, -0.2) is 0 Å². The quantitative estimate of drug-likeness (QED) is 0.738. The highest BCUT2D eigenvalue weighted by Gasteiger charge is 2.15. The van der Waals surface area contributed by atoms with Crippen molar-refractivity contribution in [1.29, 1.82) is 0 Å². The molecule has 0 spiro atoms. The lowest BCUT2D eigenvalue weighted by molar-refractivity contribution is 0.118. The number of aromatic nitrogens is 1. The smallest absolute Gasteiger partial charge is 0.123 e. The number of nitrogens with zero attached hydrogens (tertiary/aromatic N) is 2. The molecule has 1 aromatic rings. The molecular formula is C14H23N3OS. The van der Waals surface area contributed by atoms with Crippen LogP contribution in [0, 0.1) is 0 Å². The van der Waals surface area contributed by atoms with Crippen LogP contribution in [0.5, 0.6) is 0 Å². The fraction of sp³-hybridized carbons (Fsp3) is 0.571. The van der Waals surface area contributed by atoms with E-state index in [1.165, 1.54) is 0 Å². The molecule has 0 radical (unpaired) electrons. The molecule has 19 heavy (non-hydrogen) atoms. The van der Waals surface area contributed by atoms with Crippen molar-refractivity contribution >= 4 is 17.2 Å². The maximum atomic E-state index is 5.72. The zero-order chi connectivity index (χ0) is 14.3. The predicted molar refractivity (Wildman–Crippen MR) is 82.2 cm³/mol. The summed E-state index contributed by atoms with van der Waals surface area (Å²) in [5.74, 6) is 0. The molecule has 0 aliphatic rings. The van der Waals surface area contributed by atoms with Gasteiger partial charge in [-0.05, 0) is 25.0 Å². The summed E-state index contributed by atoms with van der Waals surface area (Å²) in [5, 5.41) is 0. The summed E-state index contributed by atoms with van der Waals surface area (Å²) < 4.78 is 5.17. The van der Waals surface area contributed by atoms with E-state index >= 15 is 0 Å². The second kappa shape index (κ2) is 8.19. The molecular weight excluding hydrogens is 258 g/mol. The van der Waals surface area contributed by atoms with Crippen LogP contribution < -0.4 is 5.73 Å². The van der Waals surface area contributed by atoms with Crippen molar-refractivity contribution < 1.29 is 4.74 Å². The van der Waals surface area contributed by atoms with Crippen LogP contribution in [0.2, 0.25) is 0 Å². The zero-order valence-electron chi connectivity index (χ0n) is 11.9. The van der Waals surface area contributed by atoms with Gasteiger partial charge in [0.15, 0.2) is 0 Å². The highest BCUT2D eigenvalue weighted by molar-refractivity contribution is 7.80. The van der Waals surface area contributed by atoms with Crippen molar-refractivity contribution in [3.8, 4) is 0 Å². The first-order chi connectivity index (χ1) is 9.10. The Hall–Kier alpha value is -1.04. The van der Waals surface area contributed by atoms with Crippen LogP contribution >= 0.6 is 12.2 Å². The van der Waals surface area contributed by atoms with Gasteiger partial charge in [0.05, 0.1) is 6.61 Å². The van der Waals surface area contributed by atoms with Crippen LogP contribution in [0.15, 0.2) is 18.3 Å². The summed E-state index contributed by atoms with van der Waals surface area (Å²) in [6.45, 7) is 6.79. The molecule has 5 heteroatoms. The Kier molecular flexibility index (Phi) is 6.91. The number of hydrogen-bond donors (Lipinski definition) is 1. The van der Waals surface area contributed by atoms with Crippen molar-refractivity contribution in [2.75, 3.05) is 20.3 Å². The minimum absolute atomic E-state index is 0.353. The van der Waals surface area contributed by atoms with Crippen LogP contribution in [0.4, 0.5) is 0 Å². The van der Waals surface area contributed by atoms with Crippen LogP contribution in [0.3, 0.4) is 0 Å². The Morgan fingerprint density at radius 3 is 2.89 bits per heavy atom. The van der Waals surface area contributed by atoms with Crippen molar-refractivity contribution in [3.63, 3.8) is 0 Å². The maximum Gasteiger partial charge on any atom is 0.123 e. The van der Waals surface area contributed by atoms with Crippen molar-refractivity contribution in [3.05, 3.63) is 29.6 Å². The number of ether oxygens (including phenoxy) is 1. The number of hydrogen-bond acceptors (Lipinski definition) is 4. The van der Waals surface area contributed by atoms with Crippen molar-refractivity contribution in [2.24, 2.45) is 5.73 Å². The fourth-order valence-corrected chi connectivity index (χ4v) is 2.11.